The molecular formula is C22H15Cl2NO4. The number of rotatable bonds is 4. The molecule has 1 aliphatic heterocycles. The smallest absolute Gasteiger partial charge is 0.296 e. The molecular weight excluding hydrogens is 413 g/mol. The average molecular weight is 428 g/mol. The average Bonchev–Trinajstić information content (AvgIpc) is 3.30. The summed E-state index contributed by atoms with van der Waals surface area (Å²) in [6.07, 6.45) is 1.49. The Labute approximate surface area is 176 Å². The van der Waals surface area contributed by atoms with Gasteiger partial charge < -0.3 is 14.4 Å². The minimum atomic E-state index is -0.811. The summed E-state index contributed by atoms with van der Waals surface area (Å²) in [6.45, 7) is 0.0755. The van der Waals surface area contributed by atoms with Crippen LogP contribution in [-0.4, -0.2) is 21.7 Å². The van der Waals surface area contributed by atoms with Gasteiger partial charge in [-0.25, -0.2) is 0 Å². The van der Waals surface area contributed by atoms with Gasteiger partial charge in [-0.05, 0) is 54.1 Å². The van der Waals surface area contributed by atoms with Crippen molar-refractivity contribution in [2.45, 2.75) is 12.6 Å². The number of ketones is 1. The molecule has 1 N–H and O–H groups in total. The highest BCUT2D eigenvalue weighted by atomic mass is 35.5. The van der Waals surface area contributed by atoms with Crippen LogP contribution in [-0.2, 0) is 16.1 Å². The first-order valence-electron chi connectivity index (χ1n) is 8.78. The van der Waals surface area contributed by atoms with Crippen LogP contribution in [0.5, 0.6) is 0 Å². The van der Waals surface area contributed by atoms with Gasteiger partial charge in [0.05, 0.1) is 24.4 Å². The molecule has 1 atom stereocenters. The van der Waals surface area contributed by atoms with Crippen molar-refractivity contribution in [3.05, 3.63) is 99.4 Å². The second-order valence-electron chi connectivity index (χ2n) is 6.57. The monoisotopic (exact) mass is 427 g/mol. The highest BCUT2D eigenvalue weighted by molar-refractivity contribution is 6.46. The van der Waals surface area contributed by atoms with Gasteiger partial charge in [-0.2, -0.15) is 0 Å². The third-order valence-corrected chi connectivity index (χ3v) is 5.22. The lowest BCUT2D eigenvalue weighted by molar-refractivity contribution is -0.140. The maximum atomic E-state index is 12.9. The summed E-state index contributed by atoms with van der Waals surface area (Å²) in [5.74, 6) is -1.24. The number of hydrogen-bond acceptors (Lipinski definition) is 4. The Morgan fingerprint density at radius 2 is 1.76 bits per heavy atom. The van der Waals surface area contributed by atoms with Crippen LogP contribution < -0.4 is 0 Å². The van der Waals surface area contributed by atoms with E-state index in [0.29, 0.717) is 26.9 Å². The minimum Gasteiger partial charge on any atom is -0.507 e. The van der Waals surface area contributed by atoms with E-state index >= 15 is 0 Å². The number of Topliss-reactive ketones (excluding diaryl/α,β-unsaturated/α-hetero) is 1. The number of aliphatic hydroxyl groups is 1. The van der Waals surface area contributed by atoms with Crippen molar-refractivity contribution >= 4 is 40.7 Å². The van der Waals surface area contributed by atoms with Crippen LogP contribution in [0, 0.1) is 0 Å². The number of carbonyl (C=O) groups is 2. The number of likely N-dealkylation sites (tertiary alicyclic amines) is 1. The molecule has 4 rings (SSSR count). The van der Waals surface area contributed by atoms with Gasteiger partial charge in [0.25, 0.3) is 11.7 Å². The largest absolute Gasteiger partial charge is 0.507 e. The van der Waals surface area contributed by atoms with Gasteiger partial charge in [0.1, 0.15) is 11.5 Å². The first-order chi connectivity index (χ1) is 14.0. The third kappa shape index (κ3) is 3.67. The van der Waals surface area contributed by atoms with Crippen LogP contribution in [0.4, 0.5) is 0 Å². The molecule has 1 saturated heterocycles. The molecule has 7 heteroatoms. The first-order valence-corrected chi connectivity index (χ1v) is 9.53. The highest BCUT2D eigenvalue weighted by Gasteiger charge is 2.46. The molecule has 2 heterocycles. The number of furan rings is 1. The van der Waals surface area contributed by atoms with Crippen molar-refractivity contribution in [2.75, 3.05) is 0 Å². The molecule has 5 nitrogen and oxygen atoms in total. The second kappa shape index (κ2) is 7.78. The Balaban J connectivity index is 1.87. The van der Waals surface area contributed by atoms with E-state index in [0.717, 1.165) is 0 Å². The predicted octanol–water partition coefficient (Wildman–Crippen LogP) is 5.21. The normalized spacial score (nSPS) is 18.4. The number of nitrogens with zero attached hydrogens (tertiary/aromatic N) is 1. The number of benzene rings is 2. The molecule has 0 saturated carbocycles. The molecule has 0 bridgehead atoms. The van der Waals surface area contributed by atoms with Gasteiger partial charge in [-0.1, -0.05) is 35.3 Å². The van der Waals surface area contributed by atoms with Crippen LogP contribution in [0.3, 0.4) is 0 Å². The zero-order valence-corrected chi connectivity index (χ0v) is 16.5. The fourth-order valence-corrected chi connectivity index (χ4v) is 3.72. The van der Waals surface area contributed by atoms with Crippen molar-refractivity contribution in [3.8, 4) is 0 Å². The summed E-state index contributed by atoms with van der Waals surface area (Å²) in [7, 11) is 0. The molecule has 1 unspecified atom stereocenters. The van der Waals surface area contributed by atoms with Crippen LogP contribution >= 0.6 is 23.2 Å². The second-order valence-corrected chi connectivity index (χ2v) is 7.44. The Bertz CT molecular complexity index is 1100. The van der Waals surface area contributed by atoms with E-state index < -0.39 is 17.7 Å². The molecule has 1 aromatic heterocycles. The maximum Gasteiger partial charge on any atom is 0.296 e. The Hall–Kier alpha value is -3.02. The van der Waals surface area contributed by atoms with Gasteiger partial charge in [-0.15, -0.1) is 0 Å². The predicted molar refractivity (Wildman–Crippen MR) is 109 cm³/mol. The number of hydrogen-bond donors (Lipinski definition) is 1. The highest BCUT2D eigenvalue weighted by Crippen LogP contribution is 2.40. The number of aliphatic hydroxyl groups excluding tert-OH is 1. The van der Waals surface area contributed by atoms with Gasteiger partial charge >= 0.3 is 0 Å². The molecule has 0 spiro atoms. The van der Waals surface area contributed by atoms with E-state index in [1.807, 2.05) is 0 Å². The quantitative estimate of drug-likeness (QED) is 0.352. The Morgan fingerprint density at radius 3 is 2.41 bits per heavy atom. The van der Waals surface area contributed by atoms with Gasteiger partial charge in [0.2, 0.25) is 0 Å². The van der Waals surface area contributed by atoms with E-state index in [-0.39, 0.29) is 17.9 Å². The van der Waals surface area contributed by atoms with Crippen LogP contribution in [0.2, 0.25) is 10.0 Å². The third-order valence-electron chi connectivity index (χ3n) is 4.73. The van der Waals surface area contributed by atoms with Crippen LogP contribution in [0.1, 0.15) is 22.9 Å². The zero-order chi connectivity index (χ0) is 20.5. The summed E-state index contributed by atoms with van der Waals surface area (Å²) in [5, 5.41) is 11.9. The summed E-state index contributed by atoms with van der Waals surface area (Å²) in [5.41, 5.74) is 0.988. The Kier molecular flexibility index (Phi) is 5.18. The van der Waals surface area contributed by atoms with Crippen LogP contribution in [0.15, 0.2) is 76.9 Å². The lowest BCUT2D eigenvalue weighted by Gasteiger charge is -2.24. The van der Waals surface area contributed by atoms with E-state index in [1.54, 1.807) is 60.7 Å². The molecule has 0 aliphatic carbocycles. The van der Waals surface area contributed by atoms with Gasteiger partial charge in [0.15, 0.2) is 0 Å². The molecule has 0 radical (unpaired) electrons. The van der Waals surface area contributed by atoms with Crippen molar-refractivity contribution in [2.24, 2.45) is 0 Å². The zero-order valence-electron chi connectivity index (χ0n) is 15.0. The summed E-state index contributed by atoms with van der Waals surface area (Å²) in [6, 6.07) is 15.8. The van der Waals surface area contributed by atoms with E-state index in [4.69, 9.17) is 27.6 Å². The number of halogens is 2. The fourth-order valence-electron chi connectivity index (χ4n) is 3.40. The lowest BCUT2D eigenvalue weighted by Crippen LogP contribution is -2.29. The topological polar surface area (TPSA) is 70.8 Å². The van der Waals surface area contributed by atoms with Gasteiger partial charge in [-0.3, -0.25) is 9.59 Å². The maximum absolute atomic E-state index is 12.9. The van der Waals surface area contributed by atoms with E-state index in [9.17, 15) is 14.7 Å². The van der Waals surface area contributed by atoms with Crippen molar-refractivity contribution < 1.29 is 19.1 Å². The van der Waals surface area contributed by atoms with Crippen molar-refractivity contribution in [1.82, 2.24) is 4.90 Å². The van der Waals surface area contributed by atoms with E-state index in [2.05, 4.69) is 0 Å². The summed E-state index contributed by atoms with van der Waals surface area (Å²) < 4.78 is 5.36. The molecule has 29 heavy (non-hydrogen) atoms. The van der Waals surface area contributed by atoms with Crippen molar-refractivity contribution in [3.63, 3.8) is 0 Å². The summed E-state index contributed by atoms with van der Waals surface area (Å²) in [4.78, 5) is 27.1. The number of amides is 1. The molecule has 1 aliphatic rings. The van der Waals surface area contributed by atoms with E-state index in [1.165, 1.54) is 11.2 Å². The van der Waals surface area contributed by atoms with Crippen molar-refractivity contribution in [1.29, 1.82) is 0 Å². The molecule has 3 aromatic rings. The fraction of sp³-hybridized carbons (Fsp3) is 0.0909. The standard InChI is InChI=1S/C22H15Cl2NO4/c23-15-8-6-13(7-9-15)20(26)18-19(14-3-1-4-16(24)11-14)25(22(28)21(18)27)12-17-5-2-10-29-17/h1-11,19,26H,12H2/b20-18+. The van der Waals surface area contributed by atoms with Gasteiger partial charge in [0, 0.05) is 15.6 Å². The molecule has 2 aromatic carbocycles. The number of carbonyl (C=O) groups excluding carboxylic acids is 2. The lowest BCUT2D eigenvalue weighted by atomic mass is 9.95. The molecule has 146 valence electrons. The summed E-state index contributed by atoms with van der Waals surface area (Å²) >= 11 is 12.1. The Morgan fingerprint density at radius 1 is 1.00 bits per heavy atom. The first kappa shape index (κ1) is 19.3. The SMILES string of the molecule is O=C1C(=O)N(Cc2ccco2)C(c2cccc(Cl)c2)/C1=C(\O)c1ccc(Cl)cc1. The minimum absolute atomic E-state index is 0.00820. The molecule has 1 amide bonds. The van der Waals surface area contributed by atoms with Crippen LogP contribution in [0.25, 0.3) is 5.76 Å². The molecule has 1 fully saturated rings.